The Morgan fingerprint density at radius 1 is 1.11 bits per heavy atom. The summed E-state index contributed by atoms with van der Waals surface area (Å²) < 4.78 is 16.6. The van der Waals surface area contributed by atoms with Crippen LogP contribution in [0.15, 0.2) is 41.2 Å². The van der Waals surface area contributed by atoms with Crippen LogP contribution in [0.3, 0.4) is 0 Å². The lowest BCUT2D eigenvalue weighted by Gasteiger charge is -2.15. The summed E-state index contributed by atoms with van der Waals surface area (Å²) >= 11 is 0. The van der Waals surface area contributed by atoms with E-state index in [4.69, 9.17) is 14.2 Å². The normalized spacial score (nSPS) is 12.1. The quantitative estimate of drug-likeness (QED) is 0.394. The lowest BCUT2D eigenvalue weighted by atomic mass is 10.2. The summed E-state index contributed by atoms with van der Waals surface area (Å²) in [4.78, 5) is 16.9. The summed E-state index contributed by atoms with van der Waals surface area (Å²) in [5, 5.41) is 13.2. The van der Waals surface area contributed by atoms with E-state index in [2.05, 4.69) is 15.3 Å². The molecular weight excluding hydrogens is 362 g/mol. The average molecular weight is 387 g/mol. The van der Waals surface area contributed by atoms with Crippen LogP contribution in [0.1, 0.15) is 5.56 Å². The molecule has 0 spiro atoms. The van der Waals surface area contributed by atoms with Crippen molar-refractivity contribution in [3.63, 3.8) is 0 Å². The Morgan fingerprint density at radius 2 is 1.89 bits per heavy atom. The molecule has 0 saturated heterocycles. The van der Waals surface area contributed by atoms with E-state index < -0.39 is 6.10 Å². The van der Waals surface area contributed by atoms with Crippen molar-refractivity contribution in [1.82, 2.24) is 15.3 Å². The Kier molecular flexibility index (Phi) is 6.57. The fourth-order valence-electron chi connectivity index (χ4n) is 2.85. The number of hydrogen-bond acceptors (Lipinski definition) is 6. The lowest BCUT2D eigenvalue weighted by molar-refractivity contribution is 0.106. The molecule has 3 rings (SSSR count). The highest BCUT2D eigenvalue weighted by Gasteiger charge is 2.10. The first-order valence-electron chi connectivity index (χ1n) is 9.07. The van der Waals surface area contributed by atoms with Gasteiger partial charge in [0.2, 0.25) is 0 Å². The highest BCUT2D eigenvalue weighted by Crippen LogP contribution is 2.25. The third-order valence-electron chi connectivity index (χ3n) is 4.15. The van der Waals surface area contributed by atoms with Gasteiger partial charge in [-0.3, -0.25) is 0 Å². The van der Waals surface area contributed by atoms with Crippen LogP contribution < -0.4 is 25.2 Å². The second-order valence-electron chi connectivity index (χ2n) is 6.43. The summed E-state index contributed by atoms with van der Waals surface area (Å²) in [6.07, 6.45) is -0.701. The van der Waals surface area contributed by atoms with Gasteiger partial charge in [0.15, 0.2) is 11.5 Å². The van der Waals surface area contributed by atoms with Crippen LogP contribution in [0.5, 0.6) is 17.2 Å². The van der Waals surface area contributed by atoms with E-state index >= 15 is 0 Å². The topological polar surface area (TPSA) is 109 Å². The van der Waals surface area contributed by atoms with Gasteiger partial charge in [-0.25, -0.2) is 4.79 Å². The minimum Gasteiger partial charge on any atom is -0.493 e. The molecule has 0 fully saturated rings. The highest BCUT2D eigenvalue weighted by molar-refractivity contribution is 5.82. The molecule has 0 radical (unpaired) electrons. The molecule has 0 aliphatic rings. The van der Waals surface area contributed by atoms with Gasteiger partial charge in [-0.2, -0.15) is 0 Å². The summed E-state index contributed by atoms with van der Waals surface area (Å²) in [7, 11) is 1.60. The third-order valence-corrected chi connectivity index (χ3v) is 4.15. The Hall–Kier alpha value is -2.97. The lowest BCUT2D eigenvalue weighted by Crippen LogP contribution is -2.33. The van der Waals surface area contributed by atoms with E-state index in [1.165, 1.54) is 0 Å². The number of nitrogens with one attached hydrogen (secondary N) is 3. The molecule has 8 heteroatoms. The number of para-hydroxylation sites is 2. The Balaban J connectivity index is 1.42. The van der Waals surface area contributed by atoms with Gasteiger partial charge in [-0.05, 0) is 36.8 Å². The summed E-state index contributed by atoms with van der Waals surface area (Å²) in [6, 6.07) is 11.1. The maximum atomic E-state index is 11.5. The molecule has 1 atom stereocenters. The van der Waals surface area contributed by atoms with Crippen LogP contribution >= 0.6 is 0 Å². The Labute approximate surface area is 162 Å². The van der Waals surface area contributed by atoms with E-state index in [1.807, 2.05) is 43.3 Å². The minimum atomic E-state index is -0.701. The van der Waals surface area contributed by atoms with Crippen LogP contribution in [0.2, 0.25) is 0 Å². The van der Waals surface area contributed by atoms with E-state index in [0.717, 1.165) is 5.56 Å². The number of benzene rings is 2. The Morgan fingerprint density at radius 3 is 2.68 bits per heavy atom. The van der Waals surface area contributed by atoms with Crippen LogP contribution in [-0.2, 0) is 0 Å². The van der Waals surface area contributed by atoms with Crippen LogP contribution in [0.4, 0.5) is 0 Å². The molecule has 0 aliphatic carbocycles. The first kappa shape index (κ1) is 19.8. The highest BCUT2D eigenvalue weighted by atomic mass is 16.5. The van der Waals surface area contributed by atoms with Crippen molar-refractivity contribution in [3.8, 4) is 17.2 Å². The SMILES string of the molecule is COc1ccccc1OCCNCC(O)COc1cc(C)cc2[nH]c(=O)[nH]c12. The number of aryl methyl sites for hydroxylation is 1. The van der Waals surface area contributed by atoms with E-state index in [-0.39, 0.29) is 12.3 Å². The van der Waals surface area contributed by atoms with Gasteiger partial charge in [-0.1, -0.05) is 12.1 Å². The van der Waals surface area contributed by atoms with Crippen molar-refractivity contribution < 1.29 is 19.3 Å². The number of aliphatic hydroxyl groups is 1. The maximum absolute atomic E-state index is 11.5. The van der Waals surface area contributed by atoms with Crippen molar-refractivity contribution in [2.45, 2.75) is 13.0 Å². The number of aliphatic hydroxyl groups excluding tert-OH is 1. The molecule has 150 valence electrons. The van der Waals surface area contributed by atoms with Crippen molar-refractivity contribution in [3.05, 3.63) is 52.4 Å². The van der Waals surface area contributed by atoms with Gasteiger partial charge >= 0.3 is 5.69 Å². The van der Waals surface area contributed by atoms with Crippen molar-refractivity contribution in [1.29, 1.82) is 0 Å². The number of aromatic amines is 2. The van der Waals surface area contributed by atoms with E-state index in [9.17, 15) is 9.90 Å². The molecule has 2 aromatic carbocycles. The number of H-pyrrole nitrogens is 2. The van der Waals surface area contributed by atoms with Gasteiger partial charge in [0.1, 0.15) is 30.6 Å². The molecule has 1 aromatic heterocycles. The summed E-state index contributed by atoms with van der Waals surface area (Å²) in [6.45, 7) is 3.38. The van der Waals surface area contributed by atoms with Crippen molar-refractivity contribution >= 4 is 11.0 Å². The van der Waals surface area contributed by atoms with Gasteiger partial charge < -0.3 is 34.6 Å². The molecule has 0 amide bonds. The van der Waals surface area contributed by atoms with Crippen LogP contribution in [0, 0.1) is 6.92 Å². The van der Waals surface area contributed by atoms with E-state index in [0.29, 0.717) is 48.0 Å². The number of rotatable bonds is 10. The smallest absolute Gasteiger partial charge is 0.323 e. The molecule has 1 unspecified atom stereocenters. The zero-order valence-electron chi connectivity index (χ0n) is 16.0. The number of aromatic nitrogens is 2. The van der Waals surface area contributed by atoms with Gasteiger partial charge in [0.25, 0.3) is 0 Å². The number of fused-ring (bicyclic) bond motifs is 1. The predicted molar refractivity (Wildman–Crippen MR) is 107 cm³/mol. The molecule has 4 N–H and O–H groups in total. The zero-order chi connectivity index (χ0) is 19.9. The predicted octanol–water partition coefficient (Wildman–Crippen LogP) is 1.58. The van der Waals surface area contributed by atoms with Gasteiger partial charge in [-0.15, -0.1) is 0 Å². The number of methoxy groups -OCH3 is 1. The van der Waals surface area contributed by atoms with E-state index in [1.54, 1.807) is 7.11 Å². The molecule has 0 aliphatic heterocycles. The summed E-state index contributed by atoms with van der Waals surface area (Å²) in [5.74, 6) is 1.90. The Bertz CT molecular complexity index is 966. The number of ether oxygens (including phenoxy) is 3. The van der Waals surface area contributed by atoms with Crippen LogP contribution in [-0.4, -0.2) is 54.6 Å². The van der Waals surface area contributed by atoms with Crippen LogP contribution in [0.25, 0.3) is 11.0 Å². The van der Waals surface area contributed by atoms with Gasteiger partial charge in [0, 0.05) is 13.1 Å². The average Bonchev–Trinajstić information content (AvgIpc) is 3.06. The second kappa shape index (κ2) is 9.29. The first-order chi connectivity index (χ1) is 13.6. The molecule has 8 nitrogen and oxygen atoms in total. The molecule has 1 heterocycles. The van der Waals surface area contributed by atoms with Crippen molar-refractivity contribution in [2.24, 2.45) is 0 Å². The minimum absolute atomic E-state index is 0.103. The molecule has 3 aromatic rings. The summed E-state index contributed by atoms with van der Waals surface area (Å²) in [5.41, 5.74) is 1.95. The molecule has 28 heavy (non-hydrogen) atoms. The fourth-order valence-corrected chi connectivity index (χ4v) is 2.85. The van der Waals surface area contributed by atoms with Gasteiger partial charge in [0.05, 0.1) is 12.6 Å². The van der Waals surface area contributed by atoms with Crippen molar-refractivity contribution in [2.75, 3.05) is 33.4 Å². The second-order valence-corrected chi connectivity index (χ2v) is 6.43. The fraction of sp³-hybridized carbons (Fsp3) is 0.350. The standard InChI is InChI=1S/C20H25N3O5/c1-13-9-15-19(23-20(25)22-15)18(10-13)28-12-14(24)11-21-7-8-27-17-6-4-3-5-16(17)26-2/h3-6,9-10,14,21,24H,7-8,11-12H2,1-2H3,(H2,22,23,25). The third kappa shape index (κ3) is 5.05. The molecular formula is C20H25N3O5. The number of imidazole rings is 1. The monoisotopic (exact) mass is 387 g/mol. The zero-order valence-corrected chi connectivity index (χ0v) is 16.0. The molecule has 0 saturated carbocycles. The first-order valence-corrected chi connectivity index (χ1v) is 9.07. The number of hydrogen-bond donors (Lipinski definition) is 4. The largest absolute Gasteiger partial charge is 0.493 e. The maximum Gasteiger partial charge on any atom is 0.323 e. The molecule has 0 bridgehead atoms.